The van der Waals surface area contributed by atoms with Crippen LogP contribution in [0.15, 0.2) is 78.9 Å². The fourth-order valence-corrected chi connectivity index (χ4v) is 3.87. The lowest BCUT2D eigenvalue weighted by atomic mass is 10.1. The fourth-order valence-electron chi connectivity index (χ4n) is 3.87. The molecule has 0 aliphatic rings. The summed E-state index contributed by atoms with van der Waals surface area (Å²) in [5.74, 6) is -0.253. The lowest BCUT2D eigenvalue weighted by Gasteiger charge is -2.11. The number of unbranched alkanes of at least 4 members (excludes halogenated alkanes) is 1. The third-order valence-corrected chi connectivity index (χ3v) is 5.74. The van der Waals surface area contributed by atoms with Crippen LogP contribution in [-0.4, -0.2) is 16.4 Å². The third-order valence-electron chi connectivity index (χ3n) is 5.74. The summed E-state index contributed by atoms with van der Waals surface area (Å²) in [7, 11) is 0. The second kappa shape index (κ2) is 10.2. The van der Waals surface area contributed by atoms with Crippen molar-refractivity contribution in [1.29, 1.82) is 0 Å². The molecule has 2 amide bonds. The predicted molar refractivity (Wildman–Crippen MR) is 134 cm³/mol. The first-order valence-corrected chi connectivity index (χ1v) is 11.4. The third kappa shape index (κ3) is 5.32. The first kappa shape index (κ1) is 22.3. The molecule has 0 saturated carbocycles. The number of aryl methyl sites for hydroxylation is 2. The number of nitrogens with one attached hydrogen (secondary N) is 2. The number of carbonyl (C=O) groups is 2. The Kier molecular flexibility index (Phi) is 6.89. The number of hydrogen-bond acceptors (Lipinski definition) is 2. The SMILES string of the molecule is CCCCn1c(C(=O)NCc2ccccc2)cc2cc(NC(=O)c3ccc(C)cc3)ccc21. The smallest absolute Gasteiger partial charge is 0.268 e. The zero-order chi connectivity index (χ0) is 23.2. The fraction of sp³-hybridized carbons (Fsp3) is 0.214. The first-order chi connectivity index (χ1) is 16.0. The highest BCUT2D eigenvalue weighted by Gasteiger charge is 2.16. The number of benzene rings is 3. The van der Waals surface area contributed by atoms with Crippen LogP contribution in [0.1, 0.15) is 51.7 Å². The Morgan fingerprint density at radius 1 is 0.879 bits per heavy atom. The lowest BCUT2D eigenvalue weighted by molar-refractivity contribution is 0.0941. The maximum absolute atomic E-state index is 13.0. The molecule has 5 nitrogen and oxygen atoms in total. The Balaban J connectivity index is 1.57. The van der Waals surface area contributed by atoms with Crippen molar-refractivity contribution in [2.24, 2.45) is 0 Å². The molecule has 5 heteroatoms. The van der Waals surface area contributed by atoms with Crippen molar-refractivity contribution in [3.63, 3.8) is 0 Å². The van der Waals surface area contributed by atoms with Crippen LogP contribution >= 0.6 is 0 Å². The van der Waals surface area contributed by atoms with Crippen molar-refractivity contribution in [1.82, 2.24) is 9.88 Å². The molecule has 33 heavy (non-hydrogen) atoms. The van der Waals surface area contributed by atoms with E-state index in [4.69, 9.17) is 0 Å². The molecule has 0 aliphatic heterocycles. The number of nitrogens with zero attached hydrogens (tertiary/aromatic N) is 1. The largest absolute Gasteiger partial charge is 0.347 e. The van der Waals surface area contributed by atoms with Gasteiger partial charge in [0, 0.05) is 35.2 Å². The number of aromatic nitrogens is 1. The summed E-state index contributed by atoms with van der Waals surface area (Å²) in [6, 6.07) is 25.1. The minimum atomic E-state index is -0.152. The Hall–Kier alpha value is -3.86. The summed E-state index contributed by atoms with van der Waals surface area (Å²) in [6.45, 7) is 5.38. The van der Waals surface area contributed by atoms with E-state index in [0.29, 0.717) is 23.5 Å². The van der Waals surface area contributed by atoms with Crippen LogP contribution < -0.4 is 10.6 Å². The zero-order valence-electron chi connectivity index (χ0n) is 19.1. The van der Waals surface area contributed by atoms with Crippen LogP contribution in [0.4, 0.5) is 5.69 Å². The van der Waals surface area contributed by atoms with Crippen molar-refractivity contribution >= 4 is 28.4 Å². The second-order valence-electron chi connectivity index (χ2n) is 8.30. The maximum Gasteiger partial charge on any atom is 0.268 e. The van der Waals surface area contributed by atoms with Gasteiger partial charge in [-0.1, -0.05) is 61.4 Å². The van der Waals surface area contributed by atoms with Gasteiger partial charge in [0.2, 0.25) is 0 Å². The molecule has 0 aliphatic carbocycles. The van der Waals surface area contributed by atoms with Crippen LogP contribution in [0.2, 0.25) is 0 Å². The van der Waals surface area contributed by atoms with Gasteiger partial charge in [-0.15, -0.1) is 0 Å². The van der Waals surface area contributed by atoms with E-state index < -0.39 is 0 Å². The van der Waals surface area contributed by atoms with Gasteiger partial charge in [0.25, 0.3) is 11.8 Å². The number of carbonyl (C=O) groups excluding carboxylic acids is 2. The Morgan fingerprint density at radius 2 is 1.64 bits per heavy atom. The van der Waals surface area contributed by atoms with Crippen LogP contribution in [0.3, 0.4) is 0 Å². The highest BCUT2D eigenvalue weighted by molar-refractivity contribution is 6.06. The molecule has 1 heterocycles. The van der Waals surface area contributed by atoms with Crippen LogP contribution in [0.5, 0.6) is 0 Å². The number of rotatable bonds is 8. The van der Waals surface area contributed by atoms with Crippen molar-refractivity contribution in [3.8, 4) is 0 Å². The van der Waals surface area contributed by atoms with E-state index in [-0.39, 0.29) is 11.8 Å². The number of amides is 2. The molecular formula is C28H29N3O2. The molecule has 0 saturated heterocycles. The van der Waals surface area contributed by atoms with E-state index in [1.807, 2.05) is 85.8 Å². The van der Waals surface area contributed by atoms with Gasteiger partial charge in [-0.25, -0.2) is 0 Å². The summed E-state index contributed by atoms with van der Waals surface area (Å²) in [6.07, 6.45) is 2.02. The van der Waals surface area contributed by atoms with E-state index in [0.717, 1.165) is 41.4 Å². The molecule has 1 aromatic heterocycles. The molecule has 2 N–H and O–H groups in total. The number of anilines is 1. The monoisotopic (exact) mass is 439 g/mol. The quantitative estimate of drug-likeness (QED) is 0.357. The molecule has 0 fully saturated rings. The molecule has 3 aromatic carbocycles. The molecular weight excluding hydrogens is 410 g/mol. The Morgan fingerprint density at radius 3 is 2.36 bits per heavy atom. The summed E-state index contributed by atoms with van der Waals surface area (Å²) in [5, 5.41) is 6.93. The summed E-state index contributed by atoms with van der Waals surface area (Å²) in [5.41, 5.74) is 5.11. The van der Waals surface area contributed by atoms with Gasteiger partial charge in [-0.2, -0.15) is 0 Å². The maximum atomic E-state index is 13.0. The van der Waals surface area contributed by atoms with Crippen LogP contribution in [-0.2, 0) is 13.1 Å². The van der Waals surface area contributed by atoms with Gasteiger partial charge >= 0.3 is 0 Å². The summed E-state index contributed by atoms with van der Waals surface area (Å²) in [4.78, 5) is 25.7. The number of hydrogen-bond donors (Lipinski definition) is 2. The van der Waals surface area contributed by atoms with E-state index in [1.54, 1.807) is 0 Å². The molecule has 0 unspecified atom stereocenters. The molecule has 0 bridgehead atoms. The van der Waals surface area contributed by atoms with Gasteiger partial charge in [0.15, 0.2) is 0 Å². The van der Waals surface area contributed by atoms with Gasteiger partial charge in [-0.3, -0.25) is 9.59 Å². The Bertz CT molecular complexity index is 1260. The van der Waals surface area contributed by atoms with Gasteiger partial charge in [0.1, 0.15) is 5.69 Å². The minimum Gasteiger partial charge on any atom is -0.347 e. The Labute approximate surface area is 194 Å². The van der Waals surface area contributed by atoms with E-state index >= 15 is 0 Å². The van der Waals surface area contributed by atoms with Crippen molar-refractivity contribution < 1.29 is 9.59 Å². The minimum absolute atomic E-state index is 0.101. The molecule has 168 valence electrons. The van der Waals surface area contributed by atoms with Crippen molar-refractivity contribution in [2.75, 3.05) is 5.32 Å². The molecule has 4 aromatic rings. The van der Waals surface area contributed by atoms with E-state index in [2.05, 4.69) is 22.1 Å². The topological polar surface area (TPSA) is 63.1 Å². The molecule has 4 rings (SSSR count). The van der Waals surface area contributed by atoms with Gasteiger partial charge in [0.05, 0.1) is 0 Å². The molecule has 0 atom stereocenters. The van der Waals surface area contributed by atoms with E-state index in [1.165, 1.54) is 0 Å². The van der Waals surface area contributed by atoms with E-state index in [9.17, 15) is 9.59 Å². The van der Waals surface area contributed by atoms with Crippen LogP contribution in [0, 0.1) is 6.92 Å². The average Bonchev–Trinajstić information content (AvgIpc) is 3.20. The number of fused-ring (bicyclic) bond motifs is 1. The van der Waals surface area contributed by atoms with Crippen molar-refractivity contribution in [3.05, 3.63) is 101 Å². The van der Waals surface area contributed by atoms with Gasteiger partial charge in [-0.05, 0) is 55.3 Å². The average molecular weight is 440 g/mol. The molecule has 0 radical (unpaired) electrons. The summed E-state index contributed by atoms with van der Waals surface area (Å²) >= 11 is 0. The predicted octanol–water partition coefficient (Wildman–Crippen LogP) is 5.93. The highest BCUT2D eigenvalue weighted by atomic mass is 16.2. The standard InChI is InChI=1S/C28H29N3O2/c1-3-4-16-31-25-15-14-24(30-27(32)22-12-10-20(2)11-13-22)17-23(25)18-26(31)28(33)29-19-21-8-6-5-7-9-21/h5-15,17-18H,3-4,16,19H2,1-2H3,(H,29,33)(H,30,32). The highest BCUT2D eigenvalue weighted by Crippen LogP contribution is 2.25. The van der Waals surface area contributed by atoms with Crippen molar-refractivity contribution in [2.45, 2.75) is 39.8 Å². The lowest BCUT2D eigenvalue weighted by Crippen LogP contribution is -2.25. The van der Waals surface area contributed by atoms with Gasteiger partial charge < -0.3 is 15.2 Å². The van der Waals surface area contributed by atoms with Crippen LogP contribution in [0.25, 0.3) is 10.9 Å². The normalized spacial score (nSPS) is 10.8. The summed E-state index contributed by atoms with van der Waals surface area (Å²) < 4.78 is 2.07. The zero-order valence-corrected chi connectivity index (χ0v) is 19.1. The molecule has 0 spiro atoms. The first-order valence-electron chi connectivity index (χ1n) is 11.4. The second-order valence-corrected chi connectivity index (χ2v) is 8.30.